The van der Waals surface area contributed by atoms with Gasteiger partial charge in [0.15, 0.2) is 5.69 Å². The first kappa shape index (κ1) is 14.2. The number of aromatic nitrogens is 4. The lowest BCUT2D eigenvalue weighted by Crippen LogP contribution is -2.04. The van der Waals surface area contributed by atoms with Gasteiger partial charge in [-0.1, -0.05) is 22.9 Å². The number of carboxylic acids is 1. The summed E-state index contributed by atoms with van der Waals surface area (Å²) in [5.41, 5.74) is 2.42. The van der Waals surface area contributed by atoms with Gasteiger partial charge in [-0.05, 0) is 36.8 Å². The van der Waals surface area contributed by atoms with E-state index in [-0.39, 0.29) is 5.69 Å². The number of carbonyl (C=O) groups is 1. The van der Waals surface area contributed by atoms with Crippen LogP contribution < -0.4 is 0 Å². The average Bonchev–Trinajstić information content (AvgIpc) is 2.95. The van der Waals surface area contributed by atoms with Crippen LogP contribution in [0.4, 0.5) is 0 Å². The number of hydrogen-bond acceptors (Lipinski definition) is 4. The van der Waals surface area contributed by atoms with E-state index in [9.17, 15) is 9.90 Å². The van der Waals surface area contributed by atoms with Gasteiger partial charge < -0.3 is 5.11 Å². The highest BCUT2D eigenvalue weighted by molar-refractivity contribution is 6.30. The summed E-state index contributed by atoms with van der Waals surface area (Å²) in [7, 11) is 0. The van der Waals surface area contributed by atoms with Crippen LogP contribution in [0, 0.1) is 6.92 Å². The summed E-state index contributed by atoms with van der Waals surface area (Å²) in [6.07, 6.45) is 3.18. The van der Waals surface area contributed by atoms with Crippen LogP contribution in [0.5, 0.6) is 0 Å². The summed E-state index contributed by atoms with van der Waals surface area (Å²) in [6.45, 7) is 1.89. The number of nitrogens with zero attached hydrogens (tertiary/aromatic N) is 4. The fourth-order valence-corrected chi connectivity index (χ4v) is 2.33. The number of halogens is 1. The molecule has 0 aliphatic rings. The van der Waals surface area contributed by atoms with Crippen LogP contribution in [0.1, 0.15) is 16.1 Å². The van der Waals surface area contributed by atoms with Crippen LogP contribution >= 0.6 is 11.6 Å². The average molecular weight is 315 g/mol. The maximum Gasteiger partial charge on any atom is 0.358 e. The number of benzene rings is 1. The number of aryl methyl sites for hydroxylation is 1. The molecule has 0 radical (unpaired) electrons. The minimum absolute atomic E-state index is 0.132. The third-order valence-electron chi connectivity index (χ3n) is 3.21. The van der Waals surface area contributed by atoms with E-state index in [1.807, 2.05) is 13.0 Å². The summed E-state index contributed by atoms with van der Waals surface area (Å²) < 4.78 is 1.47. The highest BCUT2D eigenvalue weighted by Crippen LogP contribution is 2.27. The van der Waals surface area contributed by atoms with Crippen molar-refractivity contribution in [3.63, 3.8) is 0 Å². The van der Waals surface area contributed by atoms with Crippen LogP contribution in [0.3, 0.4) is 0 Å². The second-order valence-corrected chi connectivity index (χ2v) is 5.11. The molecular formula is C15H11ClN4O2. The molecule has 1 N–H and O–H groups in total. The monoisotopic (exact) mass is 314 g/mol. The molecule has 110 valence electrons. The molecule has 0 aliphatic heterocycles. The van der Waals surface area contributed by atoms with E-state index >= 15 is 0 Å². The van der Waals surface area contributed by atoms with Crippen LogP contribution in [-0.4, -0.2) is 31.1 Å². The first-order chi connectivity index (χ1) is 10.6. The normalized spacial score (nSPS) is 10.6. The van der Waals surface area contributed by atoms with Gasteiger partial charge in [-0.15, -0.1) is 5.10 Å². The fourth-order valence-electron chi connectivity index (χ4n) is 2.17. The summed E-state index contributed by atoms with van der Waals surface area (Å²) in [4.78, 5) is 15.5. The van der Waals surface area contributed by atoms with E-state index in [1.165, 1.54) is 4.68 Å². The van der Waals surface area contributed by atoms with Crippen molar-refractivity contribution in [3.05, 3.63) is 59.0 Å². The molecule has 0 atom stereocenters. The molecule has 2 aromatic heterocycles. The van der Waals surface area contributed by atoms with Crippen molar-refractivity contribution >= 4 is 17.6 Å². The number of rotatable bonds is 3. The quantitative estimate of drug-likeness (QED) is 0.803. The van der Waals surface area contributed by atoms with E-state index in [0.29, 0.717) is 22.0 Å². The van der Waals surface area contributed by atoms with Crippen LogP contribution in [0.25, 0.3) is 16.9 Å². The Balaban J connectivity index is 2.30. The van der Waals surface area contributed by atoms with Crippen molar-refractivity contribution in [3.8, 4) is 16.9 Å². The Hall–Kier alpha value is -2.73. The van der Waals surface area contributed by atoms with Crippen molar-refractivity contribution in [1.29, 1.82) is 0 Å². The minimum atomic E-state index is -1.15. The molecule has 3 rings (SSSR count). The summed E-state index contributed by atoms with van der Waals surface area (Å²) in [5.74, 6) is -1.15. The third-order valence-corrected chi connectivity index (χ3v) is 3.44. The Morgan fingerprint density at radius 1 is 1.32 bits per heavy atom. The van der Waals surface area contributed by atoms with Crippen LogP contribution in [-0.2, 0) is 0 Å². The molecule has 0 spiro atoms. The first-order valence-corrected chi connectivity index (χ1v) is 6.81. The molecular weight excluding hydrogens is 304 g/mol. The van der Waals surface area contributed by atoms with Gasteiger partial charge in [0.05, 0.1) is 5.69 Å². The van der Waals surface area contributed by atoms with Gasteiger partial charge in [0.1, 0.15) is 5.69 Å². The molecule has 0 bridgehead atoms. The van der Waals surface area contributed by atoms with Gasteiger partial charge in [0.2, 0.25) is 0 Å². The zero-order valence-electron chi connectivity index (χ0n) is 11.6. The van der Waals surface area contributed by atoms with Gasteiger partial charge >= 0.3 is 5.97 Å². The summed E-state index contributed by atoms with van der Waals surface area (Å²) >= 11 is 6.04. The Morgan fingerprint density at radius 3 is 2.82 bits per heavy atom. The van der Waals surface area contributed by atoms with E-state index in [4.69, 9.17) is 11.6 Å². The molecule has 2 heterocycles. The predicted octanol–water partition coefficient (Wildman–Crippen LogP) is 2.99. The van der Waals surface area contributed by atoms with Gasteiger partial charge in [-0.2, -0.15) is 0 Å². The third kappa shape index (κ3) is 2.44. The van der Waals surface area contributed by atoms with Crippen molar-refractivity contribution in [2.45, 2.75) is 6.92 Å². The molecule has 0 unspecified atom stereocenters. The number of hydrogen-bond donors (Lipinski definition) is 1. The second-order valence-electron chi connectivity index (χ2n) is 4.68. The SMILES string of the molecule is Cc1ccc(Cl)cc1-n1nnc(C(=O)O)c1-c1cccnc1. The molecule has 6 nitrogen and oxygen atoms in total. The number of aromatic carboxylic acids is 1. The van der Waals surface area contributed by atoms with Gasteiger partial charge in [0, 0.05) is 23.0 Å². The highest BCUT2D eigenvalue weighted by atomic mass is 35.5. The maximum atomic E-state index is 11.4. The largest absolute Gasteiger partial charge is 0.476 e. The van der Waals surface area contributed by atoms with Gasteiger partial charge in [-0.25, -0.2) is 9.48 Å². The summed E-state index contributed by atoms with van der Waals surface area (Å²) in [6, 6.07) is 8.81. The minimum Gasteiger partial charge on any atom is -0.476 e. The second kappa shape index (κ2) is 5.57. The molecule has 7 heteroatoms. The van der Waals surface area contributed by atoms with E-state index in [0.717, 1.165) is 5.56 Å². The molecule has 3 aromatic rings. The zero-order valence-corrected chi connectivity index (χ0v) is 12.3. The summed E-state index contributed by atoms with van der Waals surface area (Å²) in [5, 5.41) is 17.6. The number of pyridine rings is 1. The molecule has 0 amide bonds. The van der Waals surface area contributed by atoms with Crippen LogP contribution in [0.15, 0.2) is 42.7 Å². The fraction of sp³-hybridized carbons (Fsp3) is 0.0667. The molecule has 0 fully saturated rings. The first-order valence-electron chi connectivity index (χ1n) is 6.44. The van der Waals surface area contributed by atoms with Crippen LogP contribution in [0.2, 0.25) is 5.02 Å². The van der Waals surface area contributed by atoms with Crippen molar-refractivity contribution in [1.82, 2.24) is 20.0 Å². The Bertz CT molecular complexity index is 846. The van der Waals surface area contributed by atoms with Gasteiger partial charge in [-0.3, -0.25) is 4.98 Å². The lowest BCUT2D eigenvalue weighted by atomic mass is 10.1. The van der Waals surface area contributed by atoms with E-state index in [2.05, 4.69) is 15.3 Å². The standard InChI is InChI=1S/C15H11ClN4O2/c1-9-4-5-11(16)7-12(9)20-14(10-3-2-6-17-8-10)13(15(21)22)18-19-20/h2-8H,1H3,(H,21,22). The lowest BCUT2D eigenvalue weighted by molar-refractivity contribution is 0.0691. The molecule has 22 heavy (non-hydrogen) atoms. The topological polar surface area (TPSA) is 80.9 Å². The van der Waals surface area contributed by atoms with E-state index < -0.39 is 5.97 Å². The predicted molar refractivity (Wildman–Crippen MR) is 81.3 cm³/mol. The van der Waals surface area contributed by atoms with E-state index in [1.54, 1.807) is 36.7 Å². The Kier molecular flexibility index (Phi) is 3.60. The zero-order chi connectivity index (χ0) is 15.7. The Morgan fingerprint density at radius 2 is 2.14 bits per heavy atom. The number of carboxylic acid groups (broad SMARTS) is 1. The Labute approximate surface area is 131 Å². The molecule has 0 saturated carbocycles. The van der Waals surface area contributed by atoms with Crippen molar-refractivity contribution < 1.29 is 9.90 Å². The smallest absolute Gasteiger partial charge is 0.358 e. The lowest BCUT2D eigenvalue weighted by Gasteiger charge is -2.10. The molecule has 0 saturated heterocycles. The van der Waals surface area contributed by atoms with Crippen molar-refractivity contribution in [2.75, 3.05) is 0 Å². The van der Waals surface area contributed by atoms with Crippen molar-refractivity contribution in [2.24, 2.45) is 0 Å². The van der Waals surface area contributed by atoms with Gasteiger partial charge in [0.25, 0.3) is 0 Å². The molecule has 1 aromatic carbocycles. The highest BCUT2D eigenvalue weighted by Gasteiger charge is 2.22. The maximum absolute atomic E-state index is 11.4. The molecule has 0 aliphatic carbocycles.